The summed E-state index contributed by atoms with van der Waals surface area (Å²) in [6.07, 6.45) is 5.28. The van der Waals surface area contributed by atoms with Crippen molar-refractivity contribution in [2.24, 2.45) is 5.92 Å². The van der Waals surface area contributed by atoms with Crippen LogP contribution in [0.1, 0.15) is 35.1 Å². The number of anilines is 1. The van der Waals surface area contributed by atoms with Gasteiger partial charge in [-0.1, -0.05) is 53.6 Å². The summed E-state index contributed by atoms with van der Waals surface area (Å²) >= 11 is 6.13. The largest absolute Gasteiger partial charge is 0.372 e. The fourth-order valence-corrected chi connectivity index (χ4v) is 4.11. The molecule has 1 N–H and O–H groups in total. The molecule has 0 spiro atoms. The SMILES string of the molecule is Cc1ccc([C@@H]2Nc3c(cc(Cl)cc3[N+](=O)[O-])[C@H]3C=CC[C@@H]32)cc1. The lowest BCUT2D eigenvalue weighted by molar-refractivity contribution is -0.384. The van der Waals surface area contributed by atoms with Crippen molar-refractivity contribution in [3.05, 3.63) is 80.4 Å². The third-order valence-corrected chi connectivity index (χ3v) is 5.26. The van der Waals surface area contributed by atoms with Crippen LogP contribution in [0.5, 0.6) is 0 Å². The first-order valence-corrected chi connectivity index (χ1v) is 8.40. The number of aryl methyl sites for hydroxylation is 1. The summed E-state index contributed by atoms with van der Waals surface area (Å²) in [5, 5.41) is 15.3. The van der Waals surface area contributed by atoms with E-state index in [0.29, 0.717) is 16.6 Å². The zero-order valence-electron chi connectivity index (χ0n) is 13.2. The standard InChI is InChI=1S/C19H17ClN2O2/c1-11-5-7-12(8-6-11)18-15-4-2-3-14(15)16-9-13(20)10-17(22(23)24)19(16)21-18/h2-3,5-10,14-15,18,21H,4H2,1H3/t14-,15-,18-/m0/s1. The Morgan fingerprint density at radius 2 is 2.00 bits per heavy atom. The van der Waals surface area contributed by atoms with Gasteiger partial charge in [-0.05, 0) is 36.5 Å². The van der Waals surface area contributed by atoms with Crippen molar-refractivity contribution in [3.8, 4) is 0 Å². The fraction of sp³-hybridized carbons (Fsp3) is 0.263. The van der Waals surface area contributed by atoms with Gasteiger partial charge in [0.05, 0.1) is 11.0 Å². The number of hydrogen-bond acceptors (Lipinski definition) is 3. The molecule has 1 aliphatic heterocycles. The molecule has 24 heavy (non-hydrogen) atoms. The highest BCUT2D eigenvalue weighted by molar-refractivity contribution is 6.31. The van der Waals surface area contributed by atoms with Crippen molar-refractivity contribution in [3.63, 3.8) is 0 Å². The number of rotatable bonds is 2. The number of fused-ring (bicyclic) bond motifs is 3. The van der Waals surface area contributed by atoms with Gasteiger partial charge in [-0.15, -0.1) is 0 Å². The number of nitrogens with one attached hydrogen (secondary N) is 1. The van der Waals surface area contributed by atoms with Crippen LogP contribution in [0.3, 0.4) is 0 Å². The summed E-state index contributed by atoms with van der Waals surface area (Å²) in [5.41, 5.74) is 3.94. The summed E-state index contributed by atoms with van der Waals surface area (Å²) in [4.78, 5) is 11.1. The fourth-order valence-electron chi connectivity index (χ4n) is 3.89. The van der Waals surface area contributed by atoms with Gasteiger partial charge >= 0.3 is 0 Å². The van der Waals surface area contributed by atoms with E-state index in [0.717, 1.165) is 17.5 Å². The Bertz CT molecular complexity index is 845. The Labute approximate surface area is 145 Å². The first kappa shape index (κ1) is 15.2. The van der Waals surface area contributed by atoms with Crippen LogP contribution < -0.4 is 5.32 Å². The van der Waals surface area contributed by atoms with Crippen molar-refractivity contribution in [1.29, 1.82) is 0 Å². The molecule has 0 fully saturated rings. The minimum Gasteiger partial charge on any atom is -0.372 e. The molecule has 4 nitrogen and oxygen atoms in total. The van der Waals surface area contributed by atoms with Crippen LogP contribution in [0.4, 0.5) is 11.4 Å². The highest BCUT2D eigenvalue weighted by Gasteiger charge is 2.40. The van der Waals surface area contributed by atoms with Crippen LogP contribution in [0.2, 0.25) is 5.02 Å². The van der Waals surface area contributed by atoms with Gasteiger partial charge in [0.2, 0.25) is 0 Å². The lowest BCUT2D eigenvalue weighted by Crippen LogP contribution is -2.29. The number of nitro benzene ring substituents is 1. The Balaban J connectivity index is 1.86. The maximum Gasteiger partial charge on any atom is 0.294 e. The van der Waals surface area contributed by atoms with E-state index in [9.17, 15) is 10.1 Å². The molecule has 0 unspecified atom stereocenters. The monoisotopic (exact) mass is 340 g/mol. The van der Waals surface area contributed by atoms with Gasteiger partial charge in [0.15, 0.2) is 0 Å². The third-order valence-electron chi connectivity index (χ3n) is 5.05. The van der Waals surface area contributed by atoms with Gasteiger partial charge in [-0.2, -0.15) is 0 Å². The van der Waals surface area contributed by atoms with Crippen LogP contribution in [0, 0.1) is 23.0 Å². The first-order valence-electron chi connectivity index (χ1n) is 8.02. The van der Waals surface area contributed by atoms with E-state index in [-0.39, 0.29) is 22.6 Å². The smallest absolute Gasteiger partial charge is 0.294 e. The first-order chi connectivity index (χ1) is 11.5. The summed E-state index contributed by atoms with van der Waals surface area (Å²) in [6, 6.07) is 11.7. The molecule has 2 aromatic rings. The topological polar surface area (TPSA) is 55.2 Å². The Kier molecular flexibility index (Phi) is 3.57. The summed E-state index contributed by atoms with van der Waals surface area (Å²) in [7, 11) is 0. The van der Waals surface area contributed by atoms with Crippen molar-refractivity contribution >= 4 is 23.0 Å². The molecule has 0 saturated heterocycles. The van der Waals surface area contributed by atoms with Crippen molar-refractivity contribution in [2.75, 3.05) is 5.32 Å². The molecule has 4 rings (SSSR count). The minimum absolute atomic E-state index is 0.0494. The molecular formula is C19H17ClN2O2. The van der Waals surface area contributed by atoms with Gasteiger partial charge in [0, 0.05) is 17.0 Å². The van der Waals surface area contributed by atoms with Crippen LogP contribution >= 0.6 is 11.6 Å². The summed E-state index contributed by atoms with van der Waals surface area (Å²) in [5.74, 6) is 0.503. The van der Waals surface area contributed by atoms with Crippen LogP contribution in [-0.4, -0.2) is 4.92 Å². The molecule has 3 atom stereocenters. The molecular weight excluding hydrogens is 324 g/mol. The zero-order valence-corrected chi connectivity index (χ0v) is 14.0. The summed E-state index contributed by atoms with van der Waals surface area (Å²) in [6.45, 7) is 2.06. The molecule has 2 aromatic carbocycles. The molecule has 0 saturated carbocycles. The average molecular weight is 341 g/mol. The van der Waals surface area contributed by atoms with Crippen molar-refractivity contribution in [1.82, 2.24) is 0 Å². The maximum atomic E-state index is 11.5. The minimum atomic E-state index is -0.358. The van der Waals surface area contributed by atoms with E-state index in [1.807, 2.05) is 6.07 Å². The molecule has 1 aliphatic carbocycles. The number of halogens is 1. The van der Waals surface area contributed by atoms with Crippen LogP contribution in [0.15, 0.2) is 48.6 Å². The molecule has 1 heterocycles. The van der Waals surface area contributed by atoms with Crippen LogP contribution in [0.25, 0.3) is 0 Å². The molecule has 0 radical (unpaired) electrons. The predicted molar refractivity (Wildman–Crippen MR) is 95.6 cm³/mol. The van der Waals surface area contributed by atoms with E-state index in [1.54, 1.807) is 0 Å². The Hall–Kier alpha value is -2.33. The van der Waals surface area contributed by atoms with Crippen molar-refractivity contribution in [2.45, 2.75) is 25.3 Å². The zero-order chi connectivity index (χ0) is 16.8. The average Bonchev–Trinajstić information content (AvgIpc) is 3.04. The van der Waals surface area contributed by atoms with Gasteiger partial charge < -0.3 is 5.32 Å². The van der Waals surface area contributed by atoms with E-state index < -0.39 is 0 Å². The number of nitrogens with zero attached hydrogens (tertiary/aromatic N) is 1. The van der Waals surface area contributed by atoms with Gasteiger partial charge in [-0.25, -0.2) is 0 Å². The van der Waals surface area contributed by atoms with Gasteiger partial charge in [-0.3, -0.25) is 10.1 Å². The normalized spacial score (nSPS) is 24.2. The quantitative estimate of drug-likeness (QED) is 0.453. The third kappa shape index (κ3) is 2.38. The molecule has 0 bridgehead atoms. The lowest BCUT2D eigenvalue weighted by atomic mass is 9.76. The number of nitro groups is 1. The predicted octanol–water partition coefficient (Wildman–Crippen LogP) is 5.38. The van der Waals surface area contributed by atoms with Crippen molar-refractivity contribution < 1.29 is 4.92 Å². The second kappa shape index (κ2) is 5.64. The van der Waals surface area contributed by atoms with E-state index >= 15 is 0 Å². The second-order valence-corrected chi connectivity index (χ2v) is 6.97. The summed E-state index contributed by atoms with van der Waals surface area (Å²) < 4.78 is 0. The van der Waals surface area contributed by atoms with Crippen LogP contribution in [-0.2, 0) is 0 Å². The Morgan fingerprint density at radius 1 is 1.25 bits per heavy atom. The molecule has 2 aliphatic rings. The van der Waals surface area contributed by atoms with E-state index in [1.165, 1.54) is 11.6 Å². The van der Waals surface area contributed by atoms with Gasteiger partial charge in [0.25, 0.3) is 5.69 Å². The van der Waals surface area contributed by atoms with Gasteiger partial charge in [0.1, 0.15) is 5.69 Å². The number of benzene rings is 2. The molecule has 0 aromatic heterocycles. The molecule has 0 amide bonds. The second-order valence-electron chi connectivity index (χ2n) is 6.53. The maximum absolute atomic E-state index is 11.5. The Morgan fingerprint density at radius 3 is 2.71 bits per heavy atom. The number of allylic oxidation sites excluding steroid dienone is 2. The number of hydrogen-bond donors (Lipinski definition) is 1. The van der Waals surface area contributed by atoms with E-state index in [4.69, 9.17) is 11.6 Å². The van der Waals surface area contributed by atoms with E-state index in [2.05, 4.69) is 48.7 Å². The molecule has 5 heteroatoms. The highest BCUT2D eigenvalue weighted by atomic mass is 35.5. The molecule has 122 valence electrons. The highest BCUT2D eigenvalue weighted by Crippen LogP contribution is 2.52. The lowest BCUT2D eigenvalue weighted by Gasteiger charge is -2.37.